The zero-order chi connectivity index (χ0) is 26.6. The van der Waals surface area contributed by atoms with Crippen molar-refractivity contribution in [1.29, 1.82) is 0 Å². The van der Waals surface area contributed by atoms with E-state index in [-0.39, 0.29) is 36.3 Å². The van der Waals surface area contributed by atoms with Crippen LogP contribution in [0, 0.1) is 6.92 Å². The number of aromatic nitrogens is 3. The summed E-state index contributed by atoms with van der Waals surface area (Å²) in [6, 6.07) is 9.95. The molecule has 2 aromatic heterocycles. The number of rotatable bonds is 4. The van der Waals surface area contributed by atoms with Crippen LogP contribution in [0.2, 0.25) is 0 Å². The Labute approximate surface area is 211 Å². The monoisotopic (exact) mass is 517 g/mol. The fourth-order valence-electron chi connectivity index (χ4n) is 3.92. The second-order valence-electron chi connectivity index (χ2n) is 8.68. The van der Waals surface area contributed by atoms with E-state index in [1.54, 1.807) is 56.3 Å². The van der Waals surface area contributed by atoms with Crippen molar-refractivity contribution in [3.63, 3.8) is 0 Å². The van der Waals surface area contributed by atoms with Gasteiger partial charge in [0.1, 0.15) is 11.8 Å². The van der Waals surface area contributed by atoms with Gasteiger partial charge >= 0.3 is 12.1 Å². The highest BCUT2D eigenvalue weighted by molar-refractivity contribution is 5.95. The van der Waals surface area contributed by atoms with Gasteiger partial charge in [-0.2, -0.15) is 13.2 Å². The van der Waals surface area contributed by atoms with Gasteiger partial charge in [0, 0.05) is 12.0 Å². The molecule has 4 bridgehead atoms. The number of allylic oxidation sites excluding steroid dienone is 1. The van der Waals surface area contributed by atoms with Crippen molar-refractivity contribution in [1.82, 2.24) is 15.2 Å². The van der Waals surface area contributed by atoms with Crippen LogP contribution in [0.25, 0.3) is 11.6 Å². The smallest absolute Gasteiger partial charge is 0.426 e. The van der Waals surface area contributed by atoms with Gasteiger partial charge in [-0.05, 0) is 38.3 Å². The van der Waals surface area contributed by atoms with Gasteiger partial charge in [0.15, 0.2) is 0 Å². The molecule has 4 rings (SSSR count). The number of hydrogen-bond donors (Lipinski definition) is 0. The van der Waals surface area contributed by atoms with E-state index in [0.29, 0.717) is 17.5 Å². The summed E-state index contributed by atoms with van der Waals surface area (Å²) in [6.07, 6.45) is -1.92. The minimum absolute atomic E-state index is 0.0225. The van der Waals surface area contributed by atoms with E-state index in [2.05, 4.69) is 15.2 Å². The van der Waals surface area contributed by atoms with Crippen molar-refractivity contribution in [3.8, 4) is 17.5 Å². The normalized spacial score (nSPS) is 20.1. The Bertz CT molecular complexity index is 1280. The van der Waals surface area contributed by atoms with Crippen molar-refractivity contribution in [2.45, 2.75) is 57.6 Å². The van der Waals surface area contributed by atoms with Crippen molar-refractivity contribution in [2.24, 2.45) is 0 Å². The van der Waals surface area contributed by atoms with Gasteiger partial charge in [0.05, 0.1) is 19.3 Å². The summed E-state index contributed by atoms with van der Waals surface area (Å²) in [6.45, 7) is 3.15. The number of aryl methyl sites for hydroxylation is 1. The summed E-state index contributed by atoms with van der Waals surface area (Å²) in [5.74, 6) is -1.76. The number of benzene rings is 1. The van der Waals surface area contributed by atoms with Crippen molar-refractivity contribution in [3.05, 3.63) is 71.1 Å². The van der Waals surface area contributed by atoms with Crippen LogP contribution in [-0.4, -0.2) is 40.5 Å². The summed E-state index contributed by atoms with van der Waals surface area (Å²) < 4.78 is 66.2. The molecule has 0 unspecified atom stereocenters. The fraction of sp³-hybridized carbons (Fsp3) is 0.385. The van der Waals surface area contributed by atoms with Gasteiger partial charge in [-0.15, -0.1) is 10.2 Å². The minimum atomic E-state index is -4.90. The van der Waals surface area contributed by atoms with E-state index in [0.717, 1.165) is 0 Å². The molecule has 0 aliphatic carbocycles. The number of esters is 1. The molecule has 8 nitrogen and oxygen atoms in total. The van der Waals surface area contributed by atoms with Crippen LogP contribution < -0.4 is 4.74 Å². The van der Waals surface area contributed by atoms with Crippen molar-refractivity contribution in [2.75, 3.05) is 7.11 Å². The highest BCUT2D eigenvalue weighted by Crippen LogP contribution is 2.46. The van der Waals surface area contributed by atoms with Crippen LogP contribution in [0.1, 0.15) is 53.6 Å². The van der Waals surface area contributed by atoms with E-state index in [9.17, 15) is 18.0 Å². The van der Waals surface area contributed by atoms with Gasteiger partial charge in [-0.1, -0.05) is 42.5 Å². The minimum Gasteiger partial charge on any atom is -0.474 e. The number of hydrogen-bond acceptors (Lipinski definition) is 8. The van der Waals surface area contributed by atoms with Crippen LogP contribution in [0.5, 0.6) is 5.88 Å². The Hall–Kier alpha value is -3.73. The second kappa shape index (κ2) is 10.7. The van der Waals surface area contributed by atoms with E-state index in [4.69, 9.17) is 18.6 Å². The number of carbonyl (C=O) groups is 1. The summed E-state index contributed by atoms with van der Waals surface area (Å²) >= 11 is 0. The first-order valence-corrected chi connectivity index (χ1v) is 11.6. The lowest BCUT2D eigenvalue weighted by Crippen LogP contribution is -2.45. The average Bonchev–Trinajstić information content (AvgIpc) is 3.36. The van der Waals surface area contributed by atoms with E-state index in [1.807, 2.05) is 0 Å². The van der Waals surface area contributed by atoms with Crippen molar-refractivity contribution >= 4 is 5.97 Å². The first-order chi connectivity index (χ1) is 17.6. The standard InChI is InChI=1S/C26H26F3N3O5/c1-16-14-19(23(33)34-3)20-22-31-32-24(37-22)25(26(27,28)29,35-15-18-11-7-4-8-12-18)13-9-5-6-10-17(2)36-21(16)30-20/h4-8,11-12,14,17H,9-10,13,15H2,1-3H3/t17-,25-/m1/s1. The van der Waals surface area contributed by atoms with Gasteiger partial charge in [0.25, 0.3) is 11.8 Å². The quantitative estimate of drug-likeness (QED) is 0.321. The molecule has 2 atom stereocenters. The highest BCUT2D eigenvalue weighted by Gasteiger charge is 2.61. The molecule has 1 aliphatic rings. The SMILES string of the molecule is COC(=O)c1cc(C)c2nc1-c1nnc(o1)[C@@](OCc1ccccc1)(C(F)(F)F)CCC=CC[C@@H](C)O2. The molecular weight excluding hydrogens is 491 g/mol. The Morgan fingerprint density at radius 3 is 2.65 bits per heavy atom. The second-order valence-corrected chi connectivity index (χ2v) is 8.68. The number of ether oxygens (including phenoxy) is 3. The first kappa shape index (κ1) is 26.3. The number of nitrogens with zero attached hydrogens (tertiary/aromatic N) is 3. The molecular formula is C26H26F3N3O5. The maximum absolute atomic E-state index is 14.8. The molecule has 0 radical (unpaired) electrons. The van der Waals surface area contributed by atoms with Crippen LogP contribution in [0.15, 0.2) is 53.0 Å². The molecule has 37 heavy (non-hydrogen) atoms. The molecule has 0 N–H and O–H groups in total. The van der Waals surface area contributed by atoms with Crippen LogP contribution in [0.3, 0.4) is 0 Å². The third-order valence-electron chi connectivity index (χ3n) is 5.94. The number of alkyl halides is 3. The van der Waals surface area contributed by atoms with Crippen LogP contribution in [0.4, 0.5) is 13.2 Å². The van der Waals surface area contributed by atoms with Gasteiger partial charge in [-0.3, -0.25) is 0 Å². The maximum Gasteiger partial charge on any atom is 0.426 e. The largest absolute Gasteiger partial charge is 0.474 e. The molecule has 3 aromatic rings. The molecule has 196 valence electrons. The molecule has 0 saturated carbocycles. The third kappa shape index (κ3) is 5.51. The lowest BCUT2D eigenvalue weighted by molar-refractivity contribution is -0.299. The Morgan fingerprint density at radius 1 is 1.19 bits per heavy atom. The fourth-order valence-corrected chi connectivity index (χ4v) is 3.92. The Kier molecular flexibility index (Phi) is 7.63. The molecule has 3 heterocycles. The van der Waals surface area contributed by atoms with Crippen molar-refractivity contribution < 1.29 is 36.6 Å². The molecule has 0 amide bonds. The van der Waals surface area contributed by atoms with E-state index >= 15 is 0 Å². The predicted octanol–water partition coefficient (Wildman–Crippen LogP) is 5.71. The molecule has 1 aromatic carbocycles. The highest BCUT2D eigenvalue weighted by atomic mass is 19.4. The summed E-state index contributed by atoms with van der Waals surface area (Å²) in [7, 11) is 1.18. The van der Waals surface area contributed by atoms with E-state index in [1.165, 1.54) is 13.2 Å². The summed E-state index contributed by atoms with van der Waals surface area (Å²) in [5, 5.41) is 7.57. The van der Waals surface area contributed by atoms with Gasteiger partial charge < -0.3 is 18.6 Å². The first-order valence-electron chi connectivity index (χ1n) is 11.6. The summed E-state index contributed by atoms with van der Waals surface area (Å²) in [5.41, 5.74) is -2.02. The van der Waals surface area contributed by atoms with Crippen LogP contribution in [-0.2, 0) is 21.7 Å². The average molecular weight is 518 g/mol. The lowest BCUT2D eigenvalue weighted by atomic mass is 9.95. The number of carbonyl (C=O) groups excluding carboxylic acids is 1. The van der Waals surface area contributed by atoms with E-state index < -0.39 is 35.9 Å². The third-order valence-corrected chi connectivity index (χ3v) is 5.94. The molecule has 11 heteroatoms. The Balaban J connectivity index is 1.87. The van der Waals surface area contributed by atoms with Crippen LogP contribution >= 0.6 is 0 Å². The number of pyridine rings is 1. The molecule has 0 fully saturated rings. The predicted molar refractivity (Wildman–Crippen MR) is 126 cm³/mol. The van der Waals surface area contributed by atoms with Gasteiger partial charge in [0.2, 0.25) is 11.5 Å². The number of fused-ring (bicyclic) bond motifs is 5. The zero-order valence-electron chi connectivity index (χ0n) is 20.5. The summed E-state index contributed by atoms with van der Waals surface area (Å²) in [4.78, 5) is 16.8. The molecule has 1 aliphatic heterocycles. The lowest BCUT2D eigenvalue weighted by Gasteiger charge is -2.32. The number of halogens is 3. The Morgan fingerprint density at radius 2 is 1.95 bits per heavy atom. The topological polar surface area (TPSA) is 96.6 Å². The molecule has 0 spiro atoms. The maximum atomic E-state index is 14.8. The van der Waals surface area contributed by atoms with Gasteiger partial charge in [-0.25, -0.2) is 9.78 Å². The molecule has 0 saturated heterocycles. The number of methoxy groups -OCH3 is 1. The zero-order valence-corrected chi connectivity index (χ0v) is 20.5.